The van der Waals surface area contributed by atoms with Gasteiger partial charge < -0.3 is 5.73 Å². The molecule has 2 unspecified atom stereocenters. The van der Waals surface area contributed by atoms with Crippen LogP contribution in [-0.4, -0.2) is 21.7 Å². The highest BCUT2D eigenvalue weighted by atomic mass is 79.9. The first-order chi connectivity index (χ1) is 7.18. The van der Waals surface area contributed by atoms with Crippen molar-refractivity contribution in [2.24, 2.45) is 10.7 Å². The van der Waals surface area contributed by atoms with Gasteiger partial charge in [-0.1, -0.05) is 34.2 Å². The minimum atomic E-state index is 0.213. The average Bonchev–Trinajstić information content (AvgIpc) is 2.50. The monoisotopic (exact) mass is 267 g/mol. The molecule has 2 aliphatic rings. The van der Waals surface area contributed by atoms with E-state index in [1.54, 1.807) is 0 Å². The van der Waals surface area contributed by atoms with Crippen LogP contribution in [0.25, 0.3) is 0 Å². The number of fused-ring (bicyclic) bond motifs is 1. The molecule has 0 amide bonds. The molecule has 3 nitrogen and oxygen atoms in total. The molecule has 0 aromatic carbocycles. The SMILES string of the molecule is CC(Br)/C=C\N1C2=CC=CCC2N=C1N. The van der Waals surface area contributed by atoms with Gasteiger partial charge in [-0.25, -0.2) is 4.99 Å². The number of hydrogen-bond donors (Lipinski definition) is 1. The van der Waals surface area contributed by atoms with Crippen molar-refractivity contribution >= 4 is 21.9 Å². The molecule has 0 saturated heterocycles. The van der Waals surface area contributed by atoms with Gasteiger partial charge in [-0.2, -0.15) is 0 Å². The predicted octanol–water partition coefficient (Wildman–Crippen LogP) is 2.13. The van der Waals surface area contributed by atoms with E-state index in [-0.39, 0.29) is 6.04 Å². The molecule has 0 radical (unpaired) electrons. The minimum absolute atomic E-state index is 0.213. The van der Waals surface area contributed by atoms with Crippen LogP contribution in [0.15, 0.2) is 41.2 Å². The summed E-state index contributed by atoms with van der Waals surface area (Å²) in [5.74, 6) is 0.583. The first-order valence-corrected chi connectivity index (χ1v) is 5.91. The van der Waals surface area contributed by atoms with Crippen molar-refractivity contribution in [3.05, 3.63) is 36.2 Å². The summed E-state index contributed by atoms with van der Waals surface area (Å²) in [6.07, 6.45) is 11.2. The molecule has 0 bridgehead atoms. The lowest BCUT2D eigenvalue weighted by Gasteiger charge is -2.19. The summed E-state index contributed by atoms with van der Waals surface area (Å²) >= 11 is 3.46. The minimum Gasteiger partial charge on any atom is -0.369 e. The topological polar surface area (TPSA) is 41.6 Å². The van der Waals surface area contributed by atoms with Crippen molar-refractivity contribution < 1.29 is 0 Å². The summed E-state index contributed by atoms with van der Waals surface area (Å²) in [6.45, 7) is 2.06. The second-order valence-corrected chi connectivity index (χ2v) is 5.09. The fourth-order valence-electron chi connectivity index (χ4n) is 1.69. The number of nitrogens with two attached hydrogens (primary N) is 1. The van der Waals surface area contributed by atoms with Crippen molar-refractivity contribution in [1.29, 1.82) is 0 Å². The van der Waals surface area contributed by atoms with Gasteiger partial charge in [-0.15, -0.1) is 0 Å². The van der Waals surface area contributed by atoms with E-state index in [2.05, 4.69) is 46.1 Å². The van der Waals surface area contributed by atoms with Crippen LogP contribution in [0.5, 0.6) is 0 Å². The molecule has 0 saturated carbocycles. The van der Waals surface area contributed by atoms with Crippen LogP contribution in [0.2, 0.25) is 0 Å². The average molecular weight is 268 g/mol. The molecule has 1 heterocycles. The van der Waals surface area contributed by atoms with E-state index in [1.165, 1.54) is 5.70 Å². The van der Waals surface area contributed by atoms with Gasteiger partial charge in [0.15, 0.2) is 0 Å². The standard InChI is InChI=1S/C11H14BrN3/c1-8(12)6-7-15-10-5-3-2-4-9(10)14-11(15)13/h2-3,5-9H,4H2,1H3,(H2,13,14)/b7-6-. The van der Waals surface area contributed by atoms with E-state index in [1.807, 2.05) is 17.2 Å². The van der Waals surface area contributed by atoms with E-state index in [0.717, 1.165) is 6.42 Å². The molecular weight excluding hydrogens is 254 g/mol. The summed E-state index contributed by atoms with van der Waals surface area (Å²) in [6, 6.07) is 0.213. The number of rotatable bonds is 2. The number of allylic oxidation sites excluding steroid dienone is 3. The Balaban J connectivity index is 2.20. The molecule has 0 aromatic heterocycles. The summed E-state index contributed by atoms with van der Waals surface area (Å²) in [4.78, 5) is 6.69. The van der Waals surface area contributed by atoms with Crippen LogP contribution >= 0.6 is 15.9 Å². The maximum Gasteiger partial charge on any atom is 0.200 e. The zero-order valence-corrected chi connectivity index (χ0v) is 10.2. The Morgan fingerprint density at radius 2 is 2.53 bits per heavy atom. The quantitative estimate of drug-likeness (QED) is 0.779. The smallest absolute Gasteiger partial charge is 0.200 e. The van der Waals surface area contributed by atoms with Gasteiger partial charge in [0.05, 0.1) is 11.7 Å². The molecular formula is C11H14BrN3. The predicted molar refractivity (Wildman–Crippen MR) is 66.6 cm³/mol. The Kier molecular flexibility index (Phi) is 2.95. The highest BCUT2D eigenvalue weighted by Crippen LogP contribution is 2.26. The van der Waals surface area contributed by atoms with Crippen LogP contribution in [0.3, 0.4) is 0 Å². The van der Waals surface area contributed by atoms with E-state index >= 15 is 0 Å². The van der Waals surface area contributed by atoms with Crippen molar-refractivity contribution in [2.45, 2.75) is 24.2 Å². The van der Waals surface area contributed by atoms with Gasteiger partial charge in [-0.3, -0.25) is 4.90 Å². The highest BCUT2D eigenvalue weighted by Gasteiger charge is 2.27. The molecule has 0 fully saturated rings. The maximum atomic E-state index is 5.87. The zero-order chi connectivity index (χ0) is 10.8. The number of hydrogen-bond acceptors (Lipinski definition) is 3. The Labute approximate surface area is 98.2 Å². The molecule has 1 aliphatic heterocycles. The number of aliphatic imine (C=N–C) groups is 1. The van der Waals surface area contributed by atoms with E-state index < -0.39 is 0 Å². The van der Waals surface area contributed by atoms with Crippen LogP contribution < -0.4 is 5.73 Å². The van der Waals surface area contributed by atoms with Gasteiger partial charge in [0.2, 0.25) is 5.96 Å². The Hall–Kier alpha value is -1.03. The lowest BCUT2D eigenvalue weighted by molar-refractivity contribution is 0.638. The Bertz CT molecular complexity index is 366. The third-order valence-electron chi connectivity index (χ3n) is 2.42. The Morgan fingerprint density at radius 3 is 3.27 bits per heavy atom. The highest BCUT2D eigenvalue weighted by molar-refractivity contribution is 9.09. The van der Waals surface area contributed by atoms with E-state index in [4.69, 9.17) is 5.73 Å². The molecule has 2 atom stereocenters. The molecule has 80 valence electrons. The van der Waals surface area contributed by atoms with Crippen molar-refractivity contribution in [3.8, 4) is 0 Å². The van der Waals surface area contributed by atoms with Gasteiger partial charge >= 0.3 is 0 Å². The number of guanidine groups is 1. The number of nitrogens with zero attached hydrogens (tertiary/aromatic N) is 2. The second-order valence-electron chi connectivity index (χ2n) is 3.65. The second kappa shape index (κ2) is 4.23. The third kappa shape index (κ3) is 2.15. The lowest BCUT2D eigenvalue weighted by Crippen LogP contribution is -2.28. The number of alkyl halides is 1. The molecule has 15 heavy (non-hydrogen) atoms. The molecule has 2 N–H and O–H groups in total. The largest absolute Gasteiger partial charge is 0.369 e. The number of halogens is 1. The third-order valence-corrected chi connectivity index (χ3v) is 2.72. The van der Waals surface area contributed by atoms with Gasteiger partial charge in [0.1, 0.15) is 0 Å². The summed E-state index contributed by atoms with van der Waals surface area (Å²) in [5.41, 5.74) is 7.03. The van der Waals surface area contributed by atoms with Gasteiger partial charge in [0.25, 0.3) is 0 Å². The molecule has 0 spiro atoms. The van der Waals surface area contributed by atoms with Gasteiger partial charge in [0, 0.05) is 11.0 Å². The van der Waals surface area contributed by atoms with E-state index in [9.17, 15) is 0 Å². The summed E-state index contributed by atoms with van der Waals surface area (Å²) < 4.78 is 0. The normalized spacial score (nSPS) is 26.5. The lowest BCUT2D eigenvalue weighted by atomic mass is 10.1. The molecule has 1 aliphatic carbocycles. The fourth-order valence-corrected chi connectivity index (χ4v) is 1.82. The summed E-state index contributed by atoms with van der Waals surface area (Å²) in [5, 5.41) is 0. The van der Waals surface area contributed by atoms with Crippen molar-refractivity contribution in [1.82, 2.24) is 4.90 Å². The zero-order valence-electron chi connectivity index (χ0n) is 8.60. The van der Waals surface area contributed by atoms with Gasteiger partial charge in [-0.05, 0) is 19.4 Å². The van der Waals surface area contributed by atoms with Crippen LogP contribution in [0, 0.1) is 0 Å². The Morgan fingerprint density at radius 1 is 1.73 bits per heavy atom. The molecule has 2 rings (SSSR count). The molecule has 0 aromatic rings. The van der Waals surface area contributed by atoms with Crippen LogP contribution in [0.4, 0.5) is 0 Å². The summed E-state index contributed by atoms with van der Waals surface area (Å²) in [7, 11) is 0. The van der Waals surface area contributed by atoms with E-state index in [0.29, 0.717) is 10.8 Å². The molecule has 4 heteroatoms. The van der Waals surface area contributed by atoms with Crippen LogP contribution in [-0.2, 0) is 0 Å². The van der Waals surface area contributed by atoms with Crippen LogP contribution in [0.1, 0.15) is 13.3 Å². The fraction of sp³-hybridized carbons (Fsp3) is 0.364. The van der Waals surface area contributed by atoms with Crippen molar-refractivity contribution in [2.75, 3.05) is 0 Å². The maximum absolute atomic E-state index is 5.87. The first-order valence-electron chi connectivity index (χ1n) is 5.00. The van der Waals surface area contributed by atoms with Crippen molar-refractivity contribution in [3.63, 3.8) is 0 Å². The first kappa shape index (κ1) is 10.5.